The third kappa shape index (κ3) is 4.49. The van der Waals surface area contributed by atoms with E-state index in [-0.39, 0.29) is 5.69 Å². The Kier molecular flexibility index (Phi) is 5.73. The van der Waals surface area contributed by atoms with Crippen LogP contribution in [0.5, 0.6) is 0 Å². The smallest absolute Gasteiger partial charge is 0.293 e. The zero-order chi connectivity index (χ0) is 21.0. The van der Waals surface area contributed by atoms with E-state index < -0.39 is 10.8 Å². The van der Waals surface area contributed by atoms with Crippen LogP contribution in [0.2, 0.25) is 0 Å². The molecule has 0 aliphatic heterocycles. The van der Waals surface area contributed by atoms with Gasteiger partial charge < -0.3 is 9.32 Å². The molecule has 0 bridgehead atoms. The van der Waals surface area contributed by atoms with Gasteiger partial charge in [-0.2, -0.15) is 5.10 Å². The highest BCUT2D eigenvalue weighted by Crippen LogP contribution is 2.32. The average Bonchev–Trinajstić information content (AvgIpc) is 3.06. The summed E-state index contributed by atoms with van der Waals surface area (Å²) < 4.78 is 5.32. The number of nitro benzene ring substituents is 1. The van der Waals surface area contributed by atoms with Crippen LogP contribution < -0.4 is 10.3 Å². The molecule has 2 aromatic carbocycles. The molecule has 0 spiro atoms. The minimum absolute atomic E-state index is 0.0621. The molecule has 3 rings (SSSR count). The molecule has 29 heavy (non-hydrogen) atoms. The van der Waals surface area contributed by atoms with Crippen molar-refractivity contribution in [3.05, 3.63) is 87.4 Å². The minimum atomic E-state index is -0.442. The van der Waals surface area contributed by atoms with Gasteiger partial charge in [-0.05, 0) is 38.1 Å². The summed E-state index contributed by atoms with van der Waals surface area (Å²) >= 11 is 0. The fourth-order valence-electron chi connectivity index (χ4n) is 2.92. The molecule has 1 N–H and O–H groups in total. The van der Waals surface area contributed by atoms with Crippen molar-refractivity contribution in [3.63, 3.8) is 0 Å². The highest BCUT2D eigenvalue weighted by molar-refractivity contribution is 5.96. The Labute approximate surface area is 167 Å². The number of anilines is 2. The molecule has 8 heteroatoms. The highest BCUT2D eigenvalue weighted by Gasteiger charge is 2.18. The third-order valence-electron chi connectivity index (χ3n) is 4.37. The molecule has 1 heterocycles. The van der Waals surface area contributed by atoms with Gasteiger partial charge in [0.25, 0.3) is 11.6 Å². The predicted octanol–water partition coefficient (Wildman–Crippen LogP) is 4.34. The second-order valence-corrected chi connectivity index (χ2v) is 6.43. The van der Waals surface area contributed by atoms with Crippen LogP contribution >= 0.6 is 0 Å². The first-order chi connectivity index (χ1) is 13.9. The molecule has 0 radical (unpaired) electrons. The normalized spacial score (nSPS) is 10.9. The molecule has 1 aromatic heterocycles. The molecule has 148 valence electrons. The van der Waals surface area contributed by atoms with E-state index in [0.717, 1.165) is 5.69 Å². The number of rotatable bonds is 6. The lowest BCUT2D eigenvalue weighted by atomic mass is 10.1. The Bertz CT molecular complexity index is 1070. The van der Waals surface area contributed by atoms with Crippen LogP contribution in [-0.2, 0) is 0 Å². The minimum Gasteiger partial charge on any atom is -0.466 e. The van der Waals surface area contributed by atoms with E-state index >= 15 is 0 Å². The lowest BCUT2D eigenvalue weighted by Gasteiger charge is -2.19. The molecule has 0 aliphatic rings. The number of para-hydroxylation sites is 1. The predicted molar refractivity (Wildman–Crippen MR) is 111 cm³/mol. The largest absolute Gasteiger partial charge is 0.466 e. The lowest BCUT2D eigenvalue weighted by molar-refractivity contribution is -0.384. The van der Waals surface area contributed by atoms with Gasteiger partial charge >= 0.3 is 0 Å². The van der Waals surface area contributed by atoms with Crippen LogP contribution in [0.3, 0.4) is 0 Å². The number of carbonyl (C=O) groups is 1. The Morgan fingerprint density at radius 1 is 1.17 bits per heavy atom. The zero-order valence-electron chi connectivity index (χ0n) is 16.2. The van der Waals surface area contributed by atoms with E-state index in [4.69, 9.17) is 4.42 Å². The third-order valence-corrected chi connectivity index (χ3v) is 4.37. The molecule has 8 nitrogen and oxygen atoms in total. The van der Waals surface area contributed by atoms with Gasteiger partial charge in [-0.25, -0.2) is 5.43 Å². The number of carbonyl (C=O) groups excluding carboxylic acids is 1. The van der Waals surface area contributed by atoms with Gasteiger partial charge in [-0.3, -0.25) is 14.9 Å². The monoisotopic (exact) mass is 392 g/mol. The number of furan rings is 1. The number of nitro groups is 1. The Morgan fingerprint density at radius 3 is 2.52 bits per heavy atom. The summed E-state index contributed by atoms with van der Waals surface area (Å²) in [6.07, 6.45) is 1.36. The van der Waals surface area contributed by atoms with E-state index in [1.54, 1.807) is 44.0 Å². The van der Waals surface area contributed by atoms with E-state index in [0.29, 0.717) is 28.3 Å². The molecule has 0 saturated carbocycles. The molecular formula is C21H20N4O4. The second kappa shape index (κ2) is 8.39. The molecule has 3 aromatic rings. The first-order valence-electron chi connectivity index (χ1n) is 8.84. The number of nitrogens with zero attached hydrogens (tertiary/aromatic N) is 3. The number of hydrogen-bond acceptors (Lipinski definition) is 6. The molecule has 0 fully saturated rings. The Balaban J connectivity index is 1.79. The first-order valence-corrected chi connectivity index (χ1v) is 8.84. The Hall–Kier alpha value is -3.94. The van der Waals surface area contributed by atoms with Gasteiger partial charge in [0.1, 0.15) is 17.2 Å². The van der Waals surface area contributed by atoms with Crippen LogP contribution in [0.25, 0.3) is 0 Å². The molecule has 0 unspecified atom stereocenters. The van der Waals surface area contributed by atoms with Gasteiger partial charge in [0.15, 0.2) is 0 Å². The van der Waals surface area contributed by atoms with Crippen molar-refractivity contribution in [1.82, 2.24) is 5.43 Å². The topological polar surface area (TPSA) is 101 Å². The van der Waals surface area contributed by atoms with Gasteiger partial charge in [0.05, 0.1) is 16.7 Å². The number of hydrazone groups is 1. The summed E-state index contributed by atoms with van der Waals surface area (Å²) in [5, 5.41) is 15.5. The number of hydrogen-bond donors (Lipinski definition) is 1. The summed E-state index contributed by atoms with van der Waals surface area (Å²) in [5.41, 5.74) is 4.50. The fourth-order valence-corrected chi connectivity index (χ4v) is 2.92. The molecule has 0 saturated heterocycles. The second-order valence-electron chi connectivity index (χ2n) is 6.43. The zero-order valence-corrected chi connectivity index (χ0v) is 16.2. The lowest BCUT2D eigenvalue weighted by Crippen LogP contribution is -2.17. The van der Waals surface area contributed by atoms with Gasteiger partial charge in [0.2, 0.25) is 0 Å². The van der Waals surface area contributed by atoms with Gasteiger partial charge in [-0.15, -0.1) is 0 Å². The fraction of sp³-hybridized carbons (Fsp3) is 0.143. The van der Waals surface area contributed by atoms with Crippen molar-refractivity contribution < 1.29 is 14.1 Å². The standard InChI is InChI=1S/C21H20N4O4/c1-14-11-18(15(2)29-14)21(26)23-22-13-16-9-10-19(20(12-16)25(27)28)24(3)17-7-5-4-6-8-17/h4-13H,1-3H3,(H,23,26)/b22-13-. The summed E-state index contributed by atoms with van der Waals surface area (Å²) in [7, 11) is 1.76. The molecule has 1 amide bonds. The number of aryl methyl sites for hydroxylation is 2. The van der Waals surface area contributed by atoms with E-state index in [2.05, 4.69) is 10.5 Å². The van der Waals surface area contributed by atoms with Gasteiger partial charge in [-0.1, -0.05) is 24.3 Å². The van der Waals surface area contributed by atoms with E-state index in [1.807, 2.05) is 30.3 Å². The van der Waals surface area contributed by atoms with Crippen LogP contribution in [-0.4, -0.2) is 24.1 Å². The van der Waals surface area contributed by atoms with Crippen molar-refractivity contribution >= 4 is 29.2 Å². The maximum atomic E-state index is 12.1. The quantitative estimate of drug-likeness (QED) is 0.382. The van der Waals surface area contributed by atoms with Crippen LogP contribution in [0.15, 0.2) is 64.1 Å². The van der Waals surface area contributed by atoms with Gasteiger partial charge in [0, 0.05) is 24.4 Å². The SMILES string of the molecule is Cc1cc(C(=O)N/N=C\c2ccc(N(C)c3ccccc3)c([N+](=O)[O-])c2)c(C)o1. The highest BCUT2D eigenvalue weighted by atomic mass is 16.6. The molecule has 0 aliphatic carbocycles. The molecular weight excluding hydrogens is 372 g/mol. The van der Waals surface area contributed by atoms with Crippen LogP contribution in [0, 0.1) is 24.0 Å². The number of amides is 1. The Morgan fingerprint density at radius 2 is 1.90 bits per heavy atom. The summed E-state index contributed by atoms with van der Waals surface area (Å²) in [5.74, 6) is 0.718. The molecule has 0 atom stereocenters. The first kappa shape index (κ1) is 19.8. The van der Waals surface area contributed by atoms with Crippen LogP contribution in [0.1, 0.15) is 27.4 Å². The summed E-state index contributed by atoms with van der Waals surface area (Å²) in [6, 6.07) is 15.7. The van der Waals surface area contributed by atoms with E-state index in [1.165, 1.54) is 12.3 Å². The average molecular weight is 392 g/mol. The maximum Gasteiger partial charge on any atom is 0.293 e. The number of benzene rings is 2. The number of nitrogens with one attached hydrogen (secondary N) is 1. The van der Waals surface area contributed by atoms with Crippen molar-refractivity contribution in [2.24, 2.45) is 5.10 Å². The van der Waals surface area contributed by atoms with Crippen molar-refractivity contribution in [2.75, 3.05) is 11.9 Å². The van der Waals surface area contributed by atoms with E-state index in [9.17, 15) is 14.9 Å². The summed E-state index contributed by atoms with van der Waals surface area (Å²) in [6.45, 7) is 3.44. The van der Waals surface area contributed by atoms with Crippen molar-refractivity contribution in [3.8, 4) is 0 Å². The van der Waals surface area contributed by atoms with Crippen LogP contribution in [0.4, 0.5) is 17.1 Å². The summed E-state index contributed by atoms with van der Waals surface area (Å²) in [4.78, 5) is 25.0. The van der Waals surface area contributed by atoms with Crippen molar-refractivity contribution in [1.29, 1.82) is 0 Å². The van der Waals surface area contributed by atoms with Crippen molar-refractivity contribution in [2.45, 2.75) is 13.8 Å². The maximum absolute atomic E-state index is 12.1.